The highest BCUT2D eigenvalue weighted by Gasteiger charge is 2.19. The minimum Gasteiger partial charge on any atom is -0.422 e. The lowest BCUT2D eigenvalue weighted by atomic mass is 10.1. The highest BCUT2D eigenvalue weighted by Crippen LogP contribution is 2.31. The van der Waals surface area contributed by atoms with E-state index in [0.29, 0.717) is 12.1 Å². The van der Waals surface area contributed by atoms with E-state index in [9.17, 15) is 14.7 Å². The van der Waals surface area contributed by atoms with Gasteiger partial charge in [0.05, 0.1) is 12.0 Å². The lowest BCUT2D eigenvalue weighted by Gasteiger charge is -2.17. The molecule has 0 spiro atoms. The van der Waals surface area contributed by atoms with Crippen LogP contribution in [0.25, 0.3) is 0 Å². The summed E-state index contributed by atoms with van der Waals surface area (Å²) in [5.41, 5.74) is 0.551. The van der Waals surface area contributed by atoms with Crippen LogP contribution in [0.4, 0.5) is 4.79 Å². The Morgan fingerprint density at radius 3 is 2.33 bits per heavy atom. The van der Waals surface area contributed by atoms with Crippen LogP contribution in [-0.2, 0) is 4.79 Å². The summed E-state index contributed by atoms with van der Waals surface area (Å²) in [4.78, 5) is 24.8. The van der Waals surface area contributed by atoms with Gasteiger partial charge in [-0.25, -0.2) is 4.79 Å². The van der Waals surface area contributed by atoms with Gasteiger partial charge in [-0.05, 0) is 24.7 Å². The first-order valence-corrected chi connectivity index (χ1v) is 7.33. The first-order chi connectivity index (χ1) is 10.8. The number of carbonyl (C=O) groups excluding carboxylic acids is 2. The topological polar surface area (TPSA) is 88.1 Å². The zero-order valence-electron chi connectivity index (χ0n) is 14.5. The molecule has 0 aliphatic rings. The summed E-state index contributed by atoms with van der Waals surface area (Å²) in [6, 6.07) is 4.62. The molecule has 8 heteroatoms. The van der Waals surface area contributed by atoms with Gasteiger partial charge in [-0.1, -0.05) is 19.9 Å². The Labute approximate surface area is 148 Å². The summed E-state index contributed by atoms with van der Waals surface area (Å²) in [6.45, 7) is 3.75. The third kappa shape index (κ3) is 6.35. The highest BCUT2D eigenvalue weighted by atomic mass is 35.5. The number of esters is 1. The number of carbonyl (C=O) groups is 2. The van der Waals surface area contributed by atoms with Crippen LogP contribution in [0.1, 0.15) is 25.5 Å². The van der Waals surface area contributed by atoms with Crippen LogP contribution in [-0.4, -0.2) is 49.8 Å². The average Bonchev–Trinajstić information content (AvgIpc) is 2.48. The first-order valence-electron chi connectivity index (χ1n) is 7.33. The zero-order chi connectivity index (χ0) is 17.6. The molecule has 1 rings (SSSR count). The van der Waals surface area contributed by atoms with Crippen molar-refractivity contribution in [3.05, 3.63) is 23.8 Å². The van der Waals surface area contributed by atoms with Crippen molar-refractivity contribution in [2.45, 2.75) is 20.0 Å². The second-order valence-electron chi connectivity index (χ2n) is 5.62. The van der Waals surface area contributed by atoms with Gasteiger partial charge < -0.3 is 24.8 Å². The third-order valence-corrected chi connectivity index (χ3v) is 2.99. The van der Waals surface area contributed by atoms with Crippen molar-refractivity contribution >= 4 is 24.5 Å². The van der Waals surface area contributed by atoms with Crippen LogP contribution in [0.15, 0.2) is 18.2 Å². The van der Waals surface area contributed by atoms with Gasteiger partial charge in [0.15, 0.2) is 11.5 Å². The highest BCUT2D eigenvalue weighted by molar-refractivity contribution is 5.85. The van der Waals surface area contributed by atoms with E-state index in [-0.39, 0.29) is 29.8 Å². The molecule has 7 nitrogen and oxygen atoms in total. The largest absolute Gasteiger partial charge is 0.422 e. The number of hydrogen-bond donors (Lipinski definition) is 2. The Kier molecular flexibility index (Phi) is 9.35. The molecule has 24 heavy (non-hydrogen) atoms. The number of rotatable bonds is 6. The van der Waals surface area contributed by atoms with Crippen LogP contribution in [0.3, 0.4) is 0 Å². The quantitative estimate of drug-likeness (QED) is 0.595. The molecule has 1 aromatic rings. The number of nitrogens with one attached hydrogen (secondary N) is 1. The van der Waals surface area contributed by atoms with Gasteiger partial charge in [-0.2, -0.15) is 0 Å². The van der Waals surface area contributed by atoms with E-state index in [1.807, 2.05) is 0 Å². The van der Waals surface area contributed by atoms with Crippen molar-refractivity contribution in [3.63, 3.8) is 0 Å². The second-order valence-corrected chi connectivity index (χ2v) is 5.62. The maximum absolute atomic E-state index is 11.8. The number of aliphatic hydroxyl groups excluding tert-OH is 1. The van der Waals surface area contributed by atoms with Crippen molar-refractivity contribution < 1.29 is 24.2 Å². The molecule has 0 bridgehead atoms. The monoisotopic (exact) mass is 360 g/mol. The Balaban J connectivity index is 0.00000529. The molecular formula is C16H25ClN2O5. The van der Waals surface area contributed by atoms with Crippen LogP contribution < -0.4 is 14.8 Å². The average molecular weight is 361 g/mol. The molecule has 0 aromatic heterocycles. The second kappa shape index (κ2) is 10.1. The number of amides is 1. The predicted octanol–water partition coefficient (Wildman–Crippen LogP) is 1.98. The lowest BCUT2D eigenvalue weighted by molar-refractivity contribution is -0.137. The SMILES string of the molecule is CNCC(O)c1ccc(OC(=O)N(C)C)c(OC(=O)C(C)C)c1.Cl. The van der Waals surface area contributed by atoms with Gasteiger partial charge >= 0.3 is 12.1 Å². The van der Waals surface area contributed by atoms with Crippen molar-refractivity contribution in [1.82, 2.24) is 10.2 Å². The molecule has 0 aliphatic heterocycles. The number of nitrogens with zero attached hydrogens (tertiary/aromatic N) is 1. The fraction of sp³-hybridized carbons (Fsp3) is 0.500. The predicted molar refractivity (Wildman–Crippen MR) is 92.8 cm³/mol. The van der Waals surface area contributed by atoms with Crippen molar-refractivity contribution in [2.75, 3.05) is 27.7 Å². The smallest absolute Gasteiger partial charge is 0.414 e. The van der Waals surface area contributed by atoms with Crippen LogP contribution >= 0.6 is 12.4 Å². The normalized spacial score (nSPS) is 11.5. The van der Waals surface area contributed by atoms with Crippen molar-refractivity contribution in [3.8, 4) is 11.5 Å². The van der Waals surface area contributed by atoms with Gasteiger partial charge in [0.1, 0.15) is 0 Å². The first kappa shape index (κ1) is 22.2. The Hall–Kier alpha value is -1.83. The molecule has 2 N–H and O–H groups in total. The molecule has 0 saturated heterocycles. The van der Waals surface area contributed by atoms with Crippen molar-refractivity contribution in [1.29, 1.82) is 0 Å². The molecule has 0 fully saturated rings. The summed E-state index contributed by atoms with van der Waals surface area (Å²) in [5.74, 6) is -0.560. The molecule has 1 aromatic carbocycles. The molecule has 1 amide bonds. The minimum atomic E-state index is -0.768. The Morgan fingerprint density at radius 2 is 1.83 bits per heavy atom. The summed E-state index contributed by atoms with van der Waals surface area (Å²) in [5, 5.41) is 12.9. The summed E-state index contributed by atoms with van der Waals surface area (Å²) < 4.78 is 10.5. The van der Waals surface area contributed by atoms with E-state index < -0.39 is 18.2 Å². The van der Waals surface area contributed by atoms with Crippen LogP contribution in [0, 0.1) is 5.92 Å². The fourth-order valence-electron chi connectivity index (χ4n) is 1.62. The van der Waals surface area contributed by atoms with Crippen LogP contribution in [0.2, 0.25) is 0 Å². The van der Waals surface area contributed by atoms with E-state index in [1.165, 1.54) is 17.0 Å². The number of hydrogen-bond acceptors (Lipinski definition) is 6. The molecule has 1 atom stereocenters. The molecule has 0 saturated carbocycles. The van der Waals surface area contributed by atoms with E-state index >= 15 is 0 Å². The number of benzene rings is 1. The van der Waals surface area contributed by atoms with Crippen molar-refractivity contribution in [2.24, 2.45) is 5.92 Å². The van der Waals surface area contributed by atoms with Gasteiger partial charge in [0.25, 0.3) is 0 Å². The molecule has 0 heterocycles. The fourth-order valence-corrected chi connectivity index (χ4v) is 1.62. The van der Waals surface area contributed by atoms with Gasteiger partial charge in [0.2, 0.25) is 0 Å². The number of ether oxygens (including phenoxy) is 2. The molecular weight excluding hydrogens is 336 g/mol. The number of halogens is 1. The summed E-state index contributed by atoms with van der Waals surface area (Å²) >= 11 is 0. The summed E-state index contributed by atoms with van der Waals surface area (Å²) in [6.07, 6.45) is -1.36. The number of likely N-dealkylation sites (N-methyl/N-ethyl adjacent to an activating group) is 1. The van der Waals surface area contributed by atoms with E-state index in [0.717, 1.165) is 0 Å². The maximum Gasteiger partial charge on any atom is 0.414 e. The maximum atomic E-state index is 11.8. The minimum absolute atomic E-state index is 0. The third-order valence-electron chi connectivity index (χ3n) is 2.99. The summed E-state index contributed by atoms with van der Waals surface area (Å²) in [7, 11) is 4.82. The number of aliphatic hydroxyl groups is 1. The molecule has 1 unspecified atom stereocenters. The van der Waals surface area contributed by atoms with E-state index in [2.05, 4.69) is 5.32 Å². The zero-order valence-corrected chi connectivity index (χ0v) is 15.3. The van der Waals surface area contributed by atoms with Gasteiger partial charge in [0, 0.05) is 20.6 Å². The van der Waals surface area contributed by atoms with E-state index in [1.54, 1.807) is 41.1 Å². The molecule has 0 aliphatic carbocycles. The van der Waals surface area contributed by atoms with E-state index in [4.69, 9.17) is 9.47 Å². The standard InChI is InChI=1S/C16H24N2O5.ClH/c1-10(2)15(20)22-14-8-11(12(19)9-17-3)6-7-13(14)23-16(21)18(4)5;/h6-8,10,12,17,19H,9H2,1-5H3;1H. The lowest BCUT2D eigenvalue weighted by Crippen LogP contribution is -2.26. The molecule has 136 valence electrons. The molecule has 0 radical (unpaired) electrons. The Bertz CT molecular complexity index is 563. The van der Waals surface area contributed by atoms with Crippen LogP contribution in [0.5, 0.6) is 11.5 Å². The Morgan fingerprint density at radius 1 is 1.21 bits per heavy atom. The van der Waals surface area contributed by atoms with Gasteiger partial charge in [-0.3, -0.25) is 4.79 Å². The van der Waals surface area contributed by atoms with Gasteiger partial charge in [-0.15, -0.1) is 12.4 Å².